The third kappa shape index (κ3) is 5.94. The van der Waals surface area contributed by atoms with E-state index in [0.29, 0.717) is 12.5 Å². The zero-order chi connectivity index (χ0) is 14.3. The van der Waals surface area contributed by atoms with Crippen molar-refractivity contribution in [2.24, 2.45) is 5.92 Å². The highest BCUT2D eigenvalue weighted by Crippen LogP contribution is 2.24. The van der Waals surface area contributed by atoms with E-state index in [2.05, 4.69) is 10.6 Å². The van der Waals surface area contributed by atoms with E-state index in [-0.39, 0.29) is 5.11 Å². The lowest BCUT2D eigenvalue weighted by Crippen LogP contribution is -2.35. The minimum atomic E-state index is -0.534. The number of thiocarbonyl (C=S) groups is 1. The van der Waals surface area contributed by atoms with Gasteiger partial charge >= 0.3 is 6.09 Å². The van der Waals surface area contributed by atoms with Gasteiger partial charge in [-0.1, -0.05) is 26.0 Å². The Bertz CT molecular complexity index is 450. The van der Waals surface area contributed by atoms with E-state index in [4.69, 9.17) is 17.0 Å². The molecule has 0 heterocycles. The van der Waals surface area contributed by atoms with Crippen molar-refractivity contribution in [1.82, 2.24) is 5.32 Å². The van der Waals surface area contributed by atoms with E-state index in [1.807, 2.05) is 44.4 Å². The van der Waals surface area contributed by atoms with Gasteiger partial charge in [-0.15, -0.1) is 11.8 Å². The number of amides is 1. The third-order valence-electron chi connectivity index (χ3n) is 2.12. The number of alkyl carbamates (subject to hydrolysis) is 1. The van der Waals surface area contributed by atoms with Crippen molar-refractivity contribution < 1.29 is 9.53 Å². The lowest BCUT2D eigenvalue weighted by Gasteiger charge is -2.13. The summed E-state index contributed by atoms with van der Waals surface area (Å²) in [5, 5.41) is 5.70. The normalized spacial score (nSPS) is 10.1. The monoisotopic (exact) mass is 298 g/mol. The second-order valence-electron chi connectivity index (χ2n) is 4.27. The van der Waals surface area contributed by atoms with Crippen LogP contribution in [0, 0.1) is 5.92 Å². The molecule has 0 saturated heterocycles. The maximum atomic E-state index is 11.4. The molecule has 104 valence electrons. The van der Waals surface area contributed by atoms with Gasteiger partial charge in [0.05, 0.1) is 12.3 Å². The van der Waals surface area contributed by atoms with Gasteiger partial charge in [0.1, 0.15) is 0 Å². The number of thioether (sulfide) groups is 1. The number of benzene rings is 1. The van der Waals surface area contributed by atoms with Gasteiger partial charge in [-0.05, 0) is 36.5 Å². The van der Waals surface area contributed by atoms with E-state index in [0.717, 1.165) is 10.6 Å². The summed E-state index contributed by atoms with van der Waals surface area (Å²) >= 11 is 6.67. The average molecular weight is 298 g/mol. The lowest BCUT2D eigenvalue weighted by molar-refractivity contribution is 0.138. The average Bonchev–Trinajstić information content (AvgIpc) is 2.37. The van der Waals surface area contributed by atoms with Gasteiger partial charge < -0.3 is 10.1 Å². The summed E-state index contributed by atoms with van der Waals surface area (Å²) in [4.78, 5) is 12.5. The van der Waals surface area contributed by atoms with Crippen molar-refractivity contribution in [3.63, 3.8) is 0 Å². The molecule has 0 fully saturated rings. The first kappa shape index (κ1) is 15.8. The number of para-hydroxylation sites is 1. The van der Waals surface area contributed by atoms with Crippen LogP contribution in [0.25, 0.3) is 0 Å². The summed E-state index contributed by atoms with van der Waals surface area (Å²) in [6.07, 6.45) is 1.45. The third-order valence-corrected chi connectivity index (χ3v) is 3.12. The maximum absolute atomic E-state index is 11.4. The predicted octanol–water partition coefficient (Wildman–Crippen LogP) is 3.49. The highest BCUT2D eigenvalue weighted by atomic mass is 32.2. The van der Waals surface area contributed by atoms with Crippen LogP contribution >= 0.6 is 24.0 Å². The van der Waals surface area contributed by atoms with Crippen LogP contribution in [0.2, 0.25) is 0 Å². The second kappa shape index (κ2) is 8.01. The Kier molecular flexibility index (Phi) is 6.66. The molecule has 0 aliphatic rings. The molecule has 1 rings (SSSR count). The van der Waals surface area contributed by atoms with Gasteiger partial charge in [-0.25, -0.2) is 4.79 Å². The van der Waals surface area contributed by atoms with Gasteiger partial charge in [0.25, 0.3) is 0 Å². The van der Waals surface area contributed by atoms with Crippen molar-refractivity contribution in [3.8, 4) is 0 Å². The fourth-order valence-electron chi connectivity index (χ4n) is 1.27. The molecular weight excluding hydrogens is 280 g/mol. The van der Waals surface area contributed by atoms with E-state index in [9.17, 15) is 4.79 Å². The molecule has 4 nitrogen and oxygen atoms in total. The summed E-state index contributed by atoms with van der Waals surface area (Å²) < 4.78 is 4.99. The van der Waals surface area contributed by atoms with Crippen LogP contribution in [0.15, 0.2) is 29.2 Å². The molecule has 0 saturated carbocycles. The summed E-state index contributed by atoms with van der Waals surface area (Å²) in [6, 6.07) is 7.73. The molecule has 0 aliphatic carbocycles. The van der Waals surface area contributed by atoms with E-state index < -0.39 is 6.09 Å². The Hall–Kier alpha value is -1.27. The predicted molar refractivity (Wildman–Crippen MR) is 83.8 cm³/mol. The summed E-state index contributed by atoms with van der Waals surface area (Å²) in [7, 11) is 0. The number of hydrogen-bond acceptors (Lipinski definition) is 4. The van der Waals surface area contributed by atoms with Crippen molar-refractivity contribution >= 4 is 40.9 Å². The minimum absolute atomic E-state index is 0.232. The van der Waals surface area contributed by atoms with Crippen molar-refractivity contribution in [3.05, 3.63) is 24.3 Å². The Labute approximate surface area is 123 Å². The zero-order valence-corrected chi connectivity index (χ0v) is 12.9. The molecule has 0 unspecified atom stereocenters. The second-order valence-corrected chi connectivity index (χ2v) is 5.53. The SMILES string of the molecule is CSc1ccccc1NC(=S)NC(=O)OCC(C)C. The van der Waals surface area contributed by atoms with Crippen LogP contribution in [-0.4, -0.2) is 24.1 Å². The van der Waals surface area contributed by atoms with Crippen LogP contribution in [0.5, 0.6) is 0 Å². The highest BCUT2D eigenvalue weighted by Gasteiger charge is 2.08. The fourth-order valence-corrected chi connectivity index (χ4v) is 2.02. The summed E-state index contributed by atoms with van der Waals surface area (Å²) in [5.74, 6) is 0.296. The number of hydrogen-bond donors (Lipinski definition) is 2. The Morgan fingerprint density at radius 2 is 2.11 bits per heavy atom. The molecule has 0 atom stereocenters. The molecular formula is C13H18N2O2S2. The highest BCUT2D eigenvalue weighted by molar-refractivity contribution is 7.98. The number of carbonyl (C=O) groups excluding carboxylic acids is 1. The number of anilines is 1. The summed E-state index contributed by atoms with van der Waals surface area (Å²) in [6.45, 7) is 4.31. The zero-order valence-electron chi connectivity index (χ0n) is 11.2. The van der Waals surface area contributed by atoms with Crippen LogP contribution in [0.1, 0.15) is 13.8 Å². The first-order chi connectivity index (χ1) is 9.02. The molecule has 1 aromatic rings. The van der Waals surface area contributed by atoms with Crippen LogP contribution in [0.3, 0.4) is 0 Å². The van der Waals surface area contributed by atoms with Crippen LogP contribution in [-0.2, 0) is 4.74 Å². The maximum Gasteiger partial charge on any atom is 0.413 e. The van der Waals surface area contributed by atoms with Crippen molar-refractivity contribution in [2.75, 3.05) is 18.2 Å². The Morgan fingerprint density at radius 3 is 2.74 bits per heavy atom. The molecule has 1 amide bonds. The van der Waals surface area contributed by atoms with Crippen molar-refractivity contribution in [2.45, 2.75) is 18.7 Å². The lowest BCUT2D eigenvalue weighted by atomic mass is 10.2. The van der Waals surface area contributed by atoms with E-state index in [1.54, 1.807) is 11.8 Å². The molecule has 0 bridgehead atoms. The van der Waals surface area contributed by atoms with Gasteiger partial charge in [0.15, 0.2) is 5.11 Å². The number of ether oxygens (including phenoxy) is 1. The summed E-state index contributed by atoms with van der Waals surface area (Å²) in [5.41, 5.74) is 0.865. The van der Waals surface area contributed by atoms with Crippen LogP contribution in [0.4, 0.5) is 10.5 Å². The number of nitrogens with one attached hydrogen (secondary N) is 2. The molecule has 0 aliphatic heterocycles. The largest absolute Gasteiger partial charge is 0.449 e. The topological polar surface area (TPSA) is 50.4 Å². The quantitative estimate of drug-likeness (QED) is 0.658. The standard InChI is InChI=1S/C13H18N2O2S2/c1-9(2)8-17-13(16)15-12(18)14-10-6-4-5-7-11(10)19-3/h4-7,9H,8H2,1-3H3,(H2,14,15,16,18). The van der Waals surface area contributed by atoms with Crippen molar-refractivity contribution in [1.29, 1.82) is 0 Å². The van der Waals surface area contributed by atoms with E-state index in [1.165, 1.54) is 0 Å². The molecule has 19 heavy (non-hydrogen) atoms. The molecule has 0 spiro atoms. The molecule has 0 radical (unpaired) electrons. The van der Waals surface area contributed by atoms with Gasteiger partial charge in [0.2, 0.25) is 0 Å². The molecule has 6 heteroatoms. The van der Waals surface area contributed by atoms with Crippen LogP contribution < -0.4 is 10.6 Å². The van der Waals surface area contributed by atoms with Gasteiger partial charge in [0, 0.05) is 4.90 Å². The van der Waals surface area contributed by atoms with Gasteiger partial charge in [-0.3, -0.25) is 5.32 Å². The number of carbonyl (C=O) groups is 1. The Balaban J connectivity index is 2.49. The Morgan fingerprint density at radius 1 is 1.42 bits per heavy atom. The minimum Gasteiger partial charge on any atom is -0.449 e. The smallest absolute Gasteiger partial charge is 0.413 e. The number of rotatable bonds is 4. The molecule has 1 aromatic carbocycles. The fraction of sp³-hybridized carbons (Fsp3) is 0.385. The van der Waals surface area contributed by atoms with Gasteiger partial charge in [-0.2, -0.15) is 0 Å². The first-order valence-electron chi connectivity index (χ1n) is 5.90. The van der Waals surface area contributed by atoms with E-state index >= 15 is 0 Å². The molecule has 2 N–H and O–H groups in total. The molecule has 0 aromatic heterocycles. The first-order valence-corrected chi connectivity index (χ1v) is 7.54.